The van der Waals surface area contributed by atoms with Crippen LogP contribution in [-0.4, -0.2) is 22.9 Å². The molecule has 1 fully saturated rings. The summed E-state index contributed by atoms with van der Waals surface area (Å²) in [5, 5.41) is 8.30. The van der Waals surface area contributed by atoms with Crippen LogP contribution >= 0.6 is 0 Å². The van der Waals surface area contributed by atoms with Crippen LogP contribution in [0.2, 0.25) is 0 Å². The summed E-state index contributed by atoms with van der Waals surface area (Å²) in [4.78, 5) is 0. The largest absolute Gasteiger partial charge is 0.481 e. The van der Waals surface area contributed by atoms with E-state index in [9.17, 15) is 4.39 Å². The fourth-order valence-corrected chi connectivity index (χ4v) is 3.05. The van der Waals surface area contributed by atoms with Gasteiger partial charge in [-0.15, -0.1) is 10.2 Å². The fourth-order valence-electron chi connectivity index (χ4n) is 3.05. The van der Waals surface area contributed by atoms with E-state index >= 15 is 0 Å². The van der Waals surface area contributed by atoms with Gasteiger partial charge in [-0.3, -0.25) is 0 Å². The smallest absolute Gasteiger partial charge is 0.256 e. The first-order valence-electron chi connectivity index (χ1n) is 8.21. The maximum Gasteiger partial charge on any atom is 0.256 e. The maximum atomic E-state index is 13.2. The lowest BCUT2D eigenvalue weighted by atomic mass is 9.81. The molecular weight excluding hydrogens is 311 g/mol. The third kappa shape index (κ3) is 3.59. The second kappa shape index (κ2) is 6.51. The molecule has 1 aromatic heterocycles. The molecule has 130 valence electrons. The Labute approximate surface area is 141 Å². The van der Waals surface area contributed by atoms with Crippen LogP contribution in [0.1, 0.15) is 57.9 Å². The van der Waals surface area contributed by atoms with Gasteiger partial charge in [0, 0.05) is 12.7 Å². The molecule has 2 heterocycles. The minimum absolute atomic E-state index is 0.000514. The zero-order valence-electron chi connectivity index (χ0n) is 14.5. The molecule has 1 saturated heterocycles. The first-order valence-corrected chi connectivity index (χ1v) is 8.21. The molecule has 1 aliphatic heterocycles. The average molecular weight is 334 g/mol. The van der Waals surface area contributed by atoms with Crippen molar-refractivity contribution in [2.45, 2.75) is 52.2 Å². The van der Waals surface area contributed by atoms with Crippen LogP contribution in [0.25, 0.3) is 0 Å². The van der Waals surface area contributed by atoms with Gasteiger partial charge in [0.15, 0.2) is 6.10 Å². The maximum absolute atomic E-state index is 13.2. The van der Waals surface area contributed by atoms with Gasteiger partial charge in [0.1, 0.15) is 11.6 Å². The van der Waals surface area contributed by atoms with E-state index in [4.69, 9.17) is 13.9 Å². The van der Waals surface area contributed by atoms with Crippen LogP contribution < -0.4 is 4.74 Å². The van der Waals surface area contributed by atoms with Crippen molar-refractivity contribution in [3.05, 3.63) is 41.9 Å². The van der Waals surface area contributed by atoms with Crippen molar-refractivity contribution in [3.63, 3.8) is 0 Å². The highest BCUT2D eigenvalue weighted by molar-refractivity contribution is 5.22. The predicted octanol–water partition coefficient (Wildman–Crippen LogP) is 4.27. The van der Waals surface area contributed by atoms with E-state index < -0.39 is 6.10 Å². The summed E-state index contributed by atoms with van der Waals surface area (Å²) in [6, 6.07) is 5.99. The third-order valence-corrected chi connectivity index (χ3v) is 4.18. The van der Waals surface area contributed by atoms with Crippen molar-refractivity contribution < 1.29 is 18.3 Å². The van der Waals surface area contributed by atoms with Gasteiger partial charge in [0.2, 0.25) is 5.89 Å². The van der Waals surface area contributed by atoms with E-state index in [0.29, 0.717) is 24.1 Å². The molecule has 0 N–H and O–H groups in total. The van der Waals surface area contributed by atoms with E-state index in [1.54, 1.807) is 19.1 Å². The summed E-state index contributed by atoms with van der Waals surface area (Å²) < 4.78 is 30.6. The van der Waals surface area contributed by atoms with Gasteiger partial charge in [0.25, 0.3) is 5.89 Å². The predicted molar refractivity (Wildman–Crippen MR) is 86.3 cm³/mol. The Morgan fingerprint density at radius 2 is 2.08 bits per heavy atom. The number of ether oxygens (including phenoxy) is 2. The Morgan fingerprint density at radius 3 is 2.79 bits per heavy atom. The van der Waals surface area contributed by atoms with Crippen molar-refractivity contribution in [1.82, 2.24) is 10.2 Å². The highest BCUT2D eigenvalue weighted by atomic mass is 19.1. The van der Waals surface area contributed by atoms with Crippen LogP contribution in [0.4, 0.5) is 4.39 Å². The standard InChI is InChI=1S/C18H23FN2O3/c1-11(23-13-7-5-6-12(19)10-13)16-20-21-17(24-16)14-8-9-22-15(14)18(2,3)4/h5-7,10-11,14-15H,8-9H2,1-4H3/t11?,14-,15-/m0/s1. The van der Waals surface area contributed by atoms with Gasteiger partial charge in [-0.1, -0.05) is 26.8 Å². The lowest BCUT2D eigenvalue weighted by Gasteiger charge is -2.29. The molecule has 0 spiro atoms. The molecule has 5 nitrogen and oxygen atoms in total. The molecule has 0 aliphatic carbocycles. The highest BCUT2D eigenvalue weighted by Crippen LogP contribution is 2.40. The molecule has 1 aromatic carbocycles. The second-order valence-electron chi connectivity index (χ2n) is 7.25. The molecule has 2 aromatic rings. The summed E-state index contributed by atoms with van der Waals surface area (Å²) in [6.45, 7) is 8.92. The number of hydrogen-bond donors (Lipinski definition) is 0. The van der Waals surface area contributed by atoms with Crippen LogP contribution in [0, 0.1) is 11.2 Å². The van der Waals surface area contributed by atoms with Gasteiger partial charge >= 0.3 is 0 Å². The third-order valence-electron chi connectivity index (χ3n) is 4.18. The van der Waals surface area contributed by atoms with Crippen molar-refractivity contribution >= 4 is 0 Å². The number of hydrogen-bond acceptors (Lipinski definition) is 5. The first kappa shape index (κ1) is 16.9. The Balaban J connectivity index is 1.73. The van der Waals surface area contributed by atoms with E-state index in [2.05, 4.69) is 31.0 Å². The number of benzene rings is 1. The fraction of sp³-hybridized carbons (Fsp3) is 0.556. The number of nitrogens with zero attached hydrogens (tertiary/aromatic N) is 2. The molecule has 0 radical (unpaired) electrons. The second-order valence-corrected chi connectivity index (χ2v) is 7.25. The van der Waals surface area contributed by atoms with Crippen LogP contribution in [0.5, 0.6) is 5.75 Å². The molecule has 1 aliphatic rings. The van der Waals surface area contributed by atoms with Crippen molar-refractivity contribution in [2.24, 2.45) is 5.41 Å². The number of aromatic nitrogens is 2. The summed E-state index contributed by atoms with van der Waals surface area (Å²) in [7, 11) is 0. The Hall–Kier alpha value is -1.95. The quantitative estimate of drug-likeness (QED) is 0.836. The average Bonchev–Trinajstić information content (AvgIpc) is 3.15. The SMILES string of the molecule is CC(Oc1cccc(F)c1)c1nnc([C@H]2CCO[C@@H]2C(C)(C)C)o1. The monoisotopic (exact) mass is 334 g/mol. The molecular formula is C18H23FN2O3. The molecule has 0 saturated carbocycles. The number of rotatable bonds is 4. The summed E-state index contributed by atoms with van der Waals surface area (Å²) >= 11 is 0. The van der Waals surface area contributed by atoms with Gasteiger partial charge in [0.05, 0.1) is 12.0 Å². The minimum Gasteiger partial charge on any atom is -0.481 e. The van der Waals surface area contributed by atoms with Gasteiger partial charge in [-0.2, -0.15) is 0 Å². The zero-order chi connectivity index (χ0) is 17.3. The zero-order valence-corrected chi connectivity index (χ0v) is 14.5. The van der Waals surface area contributed by atoms with E-state index in [0.717, 1.165) is 6.42 Å². The molecule has 6 heteroatoms. The van der Waals surface area contributed by atoms with Crippen LogP contribution in [0.3, 0.4) is 0 Å². The van der Waals surface area contributed by atoms with Gasteiger partial charge in [-0.25, -0.2) is 4.39 Å². The lowest BCUT2D eigenvalue weighted by Crippen LogP contribution is -2.30. The van der Waals surface area contributed by atoms with Crippen LogP contribution in [0.15, 0.2) is 28.7 Å². The highest BCUT2D eigenvalue weighted by Gasteiger charge is 2.41. The summed E-state index contributed by atoms with van der Waals surface area (Å²) in [5.74, 6) is 1.14. The number of halogens is 1. The molecule has 3 atom stereocenters. The summed E-state index contributed by atoms with van der Waals surface area (Å²) in [5.41, 5.74) is -0.000514. The topological polar surface area (TPSA) is 57.4 Å². The lowest BCUT2D eigenvalue weighted by molar-refractivity contribution is 0.0167. The Kier molecular flexibility index (Phi) is 4.58. The van der Waals surface area contributed by atoms with E-state index in [-0.39, 0.29) is 23.3 Å². The van der Waals surface area contributed by atoms with Gasteiger partial charge in [-0.05, 0) is 30.9 Å². The summed E-state index contributed by atoms with van der Waals surface area (Å²) in [6.07, 6.45) is 0.455. The minimum atomic E-state index is -0.455. The Bertz CT molecular complexity index is 696. The first-order chi connectivity index (χ1) is 11.3. The molecule has 24 heavy (non-hydrogen) atoms. The van der Waals surface area contributed by atoms with Crippen molar-refractivity contribution in [3.8, 4) is 5.75 Å². The van der Waals surface area contributed by atoms with E-state index in [1.807, 2.05) is 0 Å². The molecule has 1 unspecified atom stereocenters. The van der Waals surface area contributed by atoms with Gasteiger partial charge < -0.3 is 13.9 Å². The molecule has 0 bridgehead atoms. The van der Waals surface area contributed by atoms with Crippen LogP contribution in [-0.2, 0) is 4.74 Å². The Morgan fingerprint density at radius 1 is 1.29 bits per heavy atom. The van der Waals surface area contributed by atoms with E-state index in [1.165, 1.54) is 12.1 Å². The molecule has 3 rings (SSSR count). The van der Waals surface area contributed by atoms with Crippen molar-refractivity contribution in [2.75, 3.05) is 6.61 Å². The normalized spacial score (nSPS) is 22.5. The van der Waals surface area contributed by atoms with Crippen molar-refractivity contribution in [1.29, 1.82) is 0 Å². The molecule has 0 amide bonds.